The first-order valence-corrected chi connectivity index (χ1v) is 3.91. The molecule has 0 heterocycles. The Bertz CT molecular complexity index is 415. The standard InChI is InChI=1S/C10H9FN2O.ClH/c1-2-8(13)9-6(5-12)3-4-7(11)10(9)14;/h2-4,8,14H,1,13H2;1H/t8-;/m1./s1. The van der Waals surface area contributed by atoms with Gasteiger partial charge in [-0.3, -0.25) is 0 Å². The van der Waals surface area contributed by atoms with Crippen molar-refractivity contribution in [1.29, 1.82) is 5.26 Å². The fraction of sp³-hybridized carbons (Fsp3) is 0.100. The van der Waals surface area contributed by atoms with E-state index >= 15 is 0 Å². The van der Waals surface area contributed by atoms with Crippen molar-refractivity contribution >= 4 is 12.4 Å². The summed E-state index contributed by atoms with van der Waals surface area (Å²) in [7, 11) is 0. The molecular weight excluding hydrogens is 219 g/mol. The van der Waals surface area contributed by atoms with Gasteiger partial charge in [0.1, 0.15) is 0 Å². The zero-order chi connectivity index (χ0) is 10.7. The Morgan fingerprint density at radius 2 is 2.20 bits per heavy atom. The number of benzene rings is 1. The zero-order valence-electron chi connectivity index (χ0n) is 7.77. The second-order valence-corrected chi connectivity index (χ2v) is 2.73. The van der Waals surface area contributed by atoms with Crippen molar-refractivity contribution in [1.82, 2.24) is 0 Å². The molecule has 1 atom stereocenters. The van der Waals surface area contributed by atoms with Gasteiger partial charge in [-0.05, 0) is 12.1 Å². The summed E-state index contributed by atoms with van der Waals surface area (Å²) in [5.74, 6) is -1.38. The monoisotopic (exact) mass is 228 g/mol. The van der Waals surface area contributed by atoms with Crippen LogP contribution in [0.2, 0.25) is 0 Å². The van der Waals surface area contributed by atoms with Gasteiger partial charge < -0.3 is 10.8 Å². The number of nitrogens with zero attached hydrogens (tertiary/aromatic N) is 1. The minimum atomic E-state index is -0.795. The molecule has 0 unspecified atom stereocenters. The Morgan fingerprint density at radius 1 is 1.60 bits per heavy atom. The van der Waals surface area contributed by atoms with Crippen molar-refractivity contribution in [3.05, 3.63) is 41.7 Å². The highest BCUT2D eigenvalue weighted by molar-refractivity contribution is 5.85. The quantitative estimate of drug-likeness (QED) is 0.761. The van der Waals surface area contributed by atoms with Crippen LogP contribution in [0.1, 0.15) is 17.2 Å². The molecular formula is C10H10ClFN2O. The number of nitrogens with two attached hydrogens (primary N) is 1. The summed E-state index contributed by atoms with van der Waals surface area (Å²) < 4.78 is 12.9. The lowest BCUT2D eigenvalue weighted by Gasteiger charge is -2.11. The predicted octanol–water partition coefficient (Wildman–Crippen LogP) is 2.01. The Hall–Kier alpha value is -1.57. The van der Waals surface area contributed by atoms with E-state index in [0.717, 1.165) is 6.07 Å². The van der Waals surface area contributed by atoms with Gasteiger partial charge in [0, 0.05) is 5.56 Å². The van der Waals surface area contributed by atoms with E-state index in [0.29, 0.717) is 0 Å². The highest BCUT2D eigenvalue weighted by Crippen LogP contribution is 2.29. The van der Waals surface area contributed by atoms with Crippen molar-refractivity contribution in [3.8, 4) is 11.8 Å². The maximum absolute atomic E-state index is 12.9. The van der Waals surface area contributed by atoms with Crippen LogP contribution in [0.5, 0.6) is 5.75 Å². The minimum Gasteiger partial charge on any atom is -0.505 e. The van der Waals surface area contributed by atoms with Gasteiger partial charge in [-0.2, -0.15) is 5.26 Å². The number of rotatable bonds is 2. The van der Waals surface area contributed by atoms with Crippen LogP contribution >= 0.6 is 12.4 Å². The third kappa shape index (κ3) is 2.46. The molecule has 5 heteroatoms. The van der Waals surface area contributed by atoms with E-state index in [1.165, 1.54) is 12.1 Å². The van der Waals surface area contributed by atoms with E-state index in [4.69, 9.17) is 11.0 Å². The summed E-state index contributed by atoms with van der Waals surface area (Å²) in [6.45, 7) is 3.42. The van der Waals surface area contributed by atoms with Gasteiger partial charge in [-0.1, -0.05) is 6.08 Å². The molecule has 1 aromatic carbocycles. The molecule has 0 spiro atoms. The molecule has 0 amide bonds. The van der Waals surface area contributed by atoms with Crippen LogP contribution in [0.3, 0.4) is 0 Å². The Kier molecular flexibility index (Phi) is 4.79. The van der Waals surface area contributed by atoms with Crippen molar-refractivity contribution in [3.63, 3.8) is 0 Å². The molecule has 0 fully saturated rings. The van der Waals surface area contributed by atoms with E-state index in [9.17, 15) is 9.50 Å². The van der Waals surface area contributed by atoms with Gasteiger partial charge in [-0.15, -0.1) is 19.0 Å². The Balaban J connectivity index is 0.00000196. The highest BCUT2D eigenvalue weighted by atomic mass is 35.5. The molecule has 0 saturated carbocycles. The molecule has 3 N–H and O–H groups in total. The Morgan fingerprint density at radius 3 is 2.67 bits per heavy atom. The topological polar surface area (TPSA) is 70.0 Å². The lowest BCUT2D eigenvalue weighted by Crippen LogP contribution is -2.09. The van der Waals surface area contributed by atoms with Crippen LogP contribution < -0.4 is 5.73 Å². The normalized spacial score (nSPS) is 11.0. The summed E-state index contributed by atoms with van der Waals surface area (Å²) in [5, 5.41) is 18.1. The van der Waals surface area contributed by atoms with Crippen molar-refractivity contribution < 1.29 is 9.50 Å². The molecule has 0 saturated heterocycles. The van der Waals surface area contributed by atoms with Gasteiger partial charge in [0.2, 0.25) is 0 Å². The van der Waals surface area contributed by atoms with Crippen molar-refractivity contribution in [2.24, 2.45) is 5.73 Å². The molecule has 0 aliphatic heterocycles. The molecule has 80 valence electrons. The summed E-state index contributed by atoms with van der Waals surface area (Å²) in [6.07, 6.45) is 1.33. The number of halogens is 2. The molecule has 3 nitrogen and oxygen atoms in total. The number of phenolic OH excluding ortho intramolecular Hbond substituents is 1. The average Bonchev–Trinajstić information content (AvgIpc) is 2.20. The average molecular weight is 229 g/mol. The van der Waals surface area contributed by atoms with Crippen LogP contribution in [-0.2, 0) is 0 Å². The Labute approximate surface area is 93.0 Å². The number of phenols is 1. The van der Waals surface area contributed by atoms with Gasteiger partial charge in [0.05, 0.1) is 17.7 Å². The van der Waals surface area contributed by atoms with E-state index in [-0.39, 0.29) is 23.5 Å². The lowest BCUT2D eigenvalue weighted by atomic mass is 10.0. The van der Waals surface area contributed by atoms with Crippen molar-refractivity contribution in [2.75, 3.05) is 0 Å². The molecule has 0 aliphatic rings. The second kappa shape index (κ2) is 5.35. The first-order chi connectivity index (χ1) is 6.61. The molecule has 1 rings (SSSR count). The lowest BCUT2D eigenvalue weighted by molar-refractivity contribution is 0.423. The first kappa shape index (κ1) is 13.4. The summed E-state index contributed by atoms with van der Waals surface area (Å²) >= 11 is 0. The molecule has 0 aliphatic carbocycles. The van der Waals surface area contributed by atoms with Gasteiger partial charge >= 0.3 is 0 Å². The smallest absolute Gasteiger partial charge is 0.165 e. The zero-order valence-corrected chi connectivity index (χ0v) is 8.59. The van der Waals surface area contributed by atoms with E-state index in [1.807, 2.05) is 6.07 Å². The van der Waals surface area contributed by atoms with Gasteiger partial charge in [0.15, 0.2) is 11.6 Å². The first-order valence-electron chi connectivity index (χ1n) is 3.91. The molecule has 0 bridgehead atoms. The maximum atomic E-state index is 12.9. The van der Waals surface area contributed by atoms with Crippen LogP contribution in [0.25, 0.3) is 0 Å². The van der Waals surface area contributed by atoms with Crippen LogP contribution in [-0.4, -0.2) is 5.11 Å². The van der Waals surface area contributed by atoms with E-state index < -0.39 is 17.6 Å². The summed E-state index contributed by atoms with van der Waals surface area (Å²) in [4.78, 5) is 0. The maximum Gasteiger partial charge on any atom is 0.165 e. The summed E-state index contributed by atoms with van der Waals surface area (Å²) in [5.41, 5.74) is 5.77. The van der Waals surface area contributed by atoms with E-state index in [1.54, 1.807) is 0 Å². The molecule has 0 radical (unpaired) electrons. The summed E-state index contributed by atoms with van der Waals surface area (Å²) in [6, 6.07) is 3.37. The number of hydrogen-bond acceptors (Lipinski definition) is 3. The van der Waals surface area contributed by atoms with Gasteiger partial charge in [0.25, 0.3) is 0 Å². The third-order valence-electron chi connectivity index (χ3n) is 1.88. The fourth-order valence-corrected chi connectivity index (χ4v) is 1.13. The highest BCUT2D eigenvalue weighted by Gasteiger charge is 2.16. The van der Waals surface area contributed by atoms with Crippen LogP contribution in [0, 0.1) is 17.1 Å². The van der Waals surface area contributed by atoms with Crippen LogP contribution in [0.15, 0.2) is 24.8 Å². The van der Waals surface area contributed by atoms with E-state index in [2.05, 4.69) is 6.58 Å². The van der Waals surface area contributed by atoms with Crippen molar-refractivity contribution in [2.45, 2.75) is 6.04 Å². The third-order valence-corrected chi connectivity index (χ3v) is 1.88. The number of hydrogen-bond donors (Lipinski definition) is 2. The molecule has 1 aromatic rings. The second-order valence-electron chi connectivity index (χ2n) is 2.73. The largest absolute Gasteiger partial charge is 0.505 e. The fourth-order valence-electron chi connectivity index (χ4n) is 1.13. The SMILES string of the molecule is C=C[C@@H](N)c1c(C#N)ccc(F)c1O.Cl. The van der Waals surface area contributed by atoms with Gasteiger partial charge in [-0.25, -0.2) is 4.39 Å². The number of nitriles is 1. The van der Waals surface area contributed by atoms with Crippen LogP contribution in [0.4, 0.5) is 4.39 Å². The molecule has 15 heavy (non-hydrogen) atoms. The minimum absolute atomic E-state index is 0. The number of aromatic hydroxyl groups is 1. The predicted molar refractivity (Wildman–Crippen MR) is 57.2 cm³/mol. The molecule has 0 aromatic heterocycles.